The summed E-state index contributed by atoms with van der Waals surface area (Å²) in [6.45, 7) is 0. The van der Waals surface area contributed by atoms with Gasteiger partial charge >= 0.3 is 0 Å². The van der Waals surface area contributed by atoms with E-state index in [1.807, 2.05) is 11.3 Å². The molecule has 0 saturated carbocycles. The van der Waals surface area contributed by atoms with Crippen LogP contribution < -0.4 is 0 Å². The Labute approximate surface area is 326 Å². The number of nitrogens with zero attached hydrogens (tertiary/aromatic N) is 3. The van der Waals surface area contributed by atoms with Gasteiger partial charge in [-0.3, -0.25) is 0 Å². The molecular formula is C52H31N3S. The molecule has 56 heavy (non-hydrogen) atoms. The Balaban J connectivity index is 1.26. The first-order chi connectivity index (χ1) is 27.8. The van der Waals surface area contributed by atoms with Crippen LogP contribution in [0.25, 0.3) is 114 Å². The fourth-order valence-corrected chi connectivity index (χ4v) is 10.2. The van der Waals surface area contributed by atoms with Gasteiger partial charge in [0.2, 0.25) is 0 Å². The Hall–Kier alpha value is -7.14. The van der Waals surface area contributed by atoms with Crippen molar-refractivity contribution in [3.05, 3.63) is 188 Å². The Bertz CT molecular complexity index is 3530. The maximum absolute atomic E-state index is 5.58. The van der Waals surface area contributed by atoms with Crippen LogP contribution in [0, 0.1) is 0 Å². The maximum Gasteiger partial charge on any atom is 0.161 e. The molecule has 9 aromatic carbocycles. The highest BCUT2D eigenvalue weighted by molar-refractivity contribution is 7.26. The maximum atomic E-state index is 5.58. The molecule has 0 saturated heterocycles. The van der Waals surface area contributed by atoms with E-state index in [2.05, 4.69) is 193 Å². The lowest BCUT2D eigenvalue weighted by Gasteiger charge is -2.15. The van der Waals surface area contributed by atoms with Crippen LogP contribution in [0.2, 0.25) is 0 Å². The monoisotopic (exact) mass is 729 g/mol. The molecule has 0 unspecified atom stereocenters. The van der Waals surface area contributed by atoms with E-state index >= 15 is 0 Å². The molecule has 3 heterocycles. The lowest BCUT2D eigenvalue weighted by molar-refractivity contribution is 1.17. The summed E-state index contributed by atoms with van der Waals surface area (Å²) in [4.78, 5) is 11.0. The third kappa shape index (κ3) is 4.63. The molecule has 0 aliphatic carbocycles. The van der Waals surface area contributed by atoms with Crippen LogP contribution in [-0.4, -0.2) is 14.5 Å². The zero-order valence-electron chi connectivity index (χ0n) is 30.1. The second-order valence-electron chi connectivity index (χ2n) is 14.5. The molecule has 260 valence electrons. The minimum Gasteiger partial charge on any atom is -0.309 e. The number of fused-ring (bicyclic) bond motifs is 12. The predicted molar refractivity (Wildman–Crippen MR) is 238 cm³/mol. The topological polar surface area (TPSA) is 30.7 Å². The minimum absolute atomic E-state index is 0.704. The Morgan fingerprint density at radius 2 is 1.04 bits per heavy atom. The molecule has 0 radical (unpaired) electrons. The van der Waals surface area contributed by atoms with Crippen LogP contribution in [0.4, 0.5) is 0 Å². The largest absolute Gasteiger partial charge is 0.309 e. The highest BCUT2D eigenvalue weighted by Gasteiger charge is 2.23. The van der Waals surface area contributed by atoms with Crippen LogP contribution >= 0.6 is 11.3 Å². The van der Waals surface area contributed by atoms with Crippen LogP contribution in [0.1, 0.15) is 0 Å². The van der Waals surface area contributed by atoms with E-state index in [4.69, 9.17) is 9.97 Å². The Morgan fingerprint density at radius 1 is 0.393 bits per heavy atom. The van der Waals surface area contributed by atoms with E-state index in [-0.39, 0.29) is 0 Å². The molecule has 3 nitrogen and oxygen atoms in total. The van der Waals surface area contributed by atoms with Gasteiger partial charge in [0.1, 0.15) is 0 Å². The molecule has 0 N–H and O–H groups in total. The molecule has 0 atom stereocenters. The third-order valence-corrected chi connectivity index (χ3v) is 12.6. The van der Waals surface area contributed by atoms with Crippen molar-refractivity contribution in [2.75, 3.05) is 0 Å². The summed E-state index contributed by atoms with van der Waals surface area (Å²) in [5.41, 5.74) is 8.38. The third-order valence-electron chi connectivity index (χ3n) is 11.4. The van der Waals surface area contributed by atoms with Crippen LogP contribution in [0.5, 0.6) is 0 Å². The highest BCUT2D eigenvalue weighted by atomic mass is 32.1. The SMILES string of the molecule is c1ccc(-c2cc(-c3cc4ccccc4c4ccccc34)nc(-c3cc4c(c5ccccc5n4-c4ccccc4)c4c3ccc3c5ccccc5sc34)n2)cc1. The summed E-state index contributed by atoms with van der Waals surface area (Å²) >= 11 is 1.88. The van der Waals surface area contributed by atoms with Crippen molar-refractivity contribution in [3.8, 4) is 39.6 Å². The second kappa shape index (κ2) is 12.2. The van der Waals surface area contributed by atoms with Gasteiger partial charge in [0.25, 0.3) is 0 Å². The van der Waals surface area contributed by atoms with Crippen molar-refractivity contribution in [1.29, 1.82) is 0 Å². The molecule has 3 aromatic heterocycles. The van der Waals surface area contributed by atoms with Crippen molar-refractivity contribution in [2.24, 2.45) is 0 Å². The first-order valence-corrected chi connectivity index (χ1v) is 19.8. The van der Waals surface area contributed by atoms with Gasteiger partial charge in [-0.05, 0) is 69.4 Å². The molecule has 12 aromatic rings. The summed E-state index contributed by atoms with van der Waals surface area (Å²) in [5.74, 6) is 0.704. The zero-order valence-corrected chi connectivity index (χ0v) is 31.0. The molecule has 0 spiro atoms. The van der Waals surface area contributed by atoms with Crippen LogP contribution in [0.3, 0.4) is 0 Å². The number of para-hydroxylation sites is 2. The zero-order chi connectivity index (χ0) is 36.7. The van der Waals surface area contributed by atoms with Gasteiger partial charge in [0.05, 0.1) is 22.4 Å². The van der Waals surface area contributed by atoms with Gasteiger partial charge in [-0.15, -0.1) is 11.3 Å². The van der Waals surface area contributed by atoms with E-state index in [0.29, 0.717) is 5.82 Å². The van der Waals surface area contributed by atoms with Crippen LogP contribution in [0.15, 0.2) is 188 Å². The van der Waals surface area contributed by atoms with E-state index < -0.39 is 0 Å². The number of rotatable bonds is 4. The number of thiophene rings is 1. The fourth-order valence-electron chi connectivity index (χ4n) is 8.90. The van der Waals surface area contributed by atoms with Gasteiger partial charge in [-0.2, -0.15) is 0 Å². The number of benzene rings is 9. The standard InChI is InChI=1S/C52H31N3S/c1-3-15-32(16-4-1)44-31-45(42-29-33-17-7-8-20-35(33)36-21-9-10-22-37(36)42)54-52(53-44)43-30-47-49(41-24-11-13-25-46(41)55(47)34-18-5-2-6-19-34)50-39(43)27-28-40-38-23-12-14-26-48(38)56-51(40)50/h1-31H. The highest BCUT2D eigenvalue weighted by Crippen LogP contribution is 2.47. The first kappa shape index (κ1) is 31.2. The van der Waals surface area contributed by atoms with E-state index in [9.17, 15) is 0 Å². The van der Waals surface area contributed by atoms with Crippen molar-refractivity contribution in [2.45, 2.75) is 0 Å². The van der Waals surface area contributed by atoms with Gasteiger partial charge < -0.3 is 4.57 Å². The quantitative estimate of drug-likeness (QED) is 0.169. The lowest BCUT2D eigenvalue weighted by Crippen LogP contribution is -1.99. The average Bonchev–Trinajstić information content (AvgIpc) is 3.82. The first-order valence-electron chi connectivity index (χ1n) is 19.0. The van der Waals surface area contributed by atoms with Crippen molar-refractivity contribution in [1.82, 2.24) is 14.5 Å². The summed E-state index contributed by atoms with van der Waals surface area (Å²) in [6, 6.07) is 67.6. The Morgan fingerprint density at radius 3 is 1.88 bits per heavy atom. The van der Waals surface area contributed by atoms with Crippen molar-refractivity contribution < 1.29 is 0 Å². The summed E-state index contributed by atoms with van der Waals surface area (Å²) in [7, 11) is 0. The minimum atomic E-state index is 0.704. The molecule has 0 fully saturated rings. The number of hydrogen-bond donors (Lipinski definition) is 0. The smallest absolute Gasteiger partial charge is 0.161 e. The number of hydrogen-bond acceptors (Lipinski definition) is 3. The summed E-state index contributed by atoms with van der Waals surface area (Å²) < 4.78 is 4.98. The molecule has 0 aliphatic rings. The van der Waals surface area contributed by atoms with Gasteiger partial charge in [-0.1, -0.05) is 146 Å². The predicted octanol–water partition coefficient (Wildman–Crippen LogP) is 14.4. The molecule has 0 bridgehead atoms. The average molecular weight is 730 g/mol. The second-order valence-corrected chi connectivity index (χ2v) is 15.5. The van der Waals surface area contributed by atoms with E-state index in [0.717, 1.165) is 44.7 Å². The van der Waals surface area contributed by atoms with E-state index in [1.54, 1.807) is 0 Å². The number of aromatic nitrogens is 3. The molecule has 4 heteroatoms. The normalized spacial score (nSPS) is 11.9. The lowest BCUT2D eigenvalue weighted by atomic mass is 9.94. The Kier molecular flexibility index (Phi) is 6.80. The molecular weight excluding hydrogens is 699 g/mol. The fraction of sp³-hybridized carbons (Fsp3) is 0. The van der Waals surface area contributed by atoms with Crippen LogP contribution in [-0.2, 0) is 0 Å². The van der Waals surface area contributed by atoms with Gasteiger partial charge in [0, 0.05) is 58.7 Å². The van der Waals surface area contributed by atoms with Gasteiger partial charge in [-0.25, -0.2) is 9.97 Å². The summed E-state index contributed by atoms with van der Waals surface area (Å²) in [5, 5.41) is 12.2. The van der Waals surface area contributed by atoms with E-state index in [1.165, 1.54) is 63.4 Å². The van der Waals surface area contributed by atoms with Crippen molar-refractivity contribution in [3.63, 3.8) is 0 Å². The molecule has 0 amide bonds. The molecule has 12 rings (SSSR count). The van der Waals surface area contributed by atoms with Crippen molar-refractivity contribution >= 4 is 85.6 Å². The summed E-state index contributed by atoms with van der Waals surface area (Å²) in [6.07, 6.45) is 0. The van der Waals surface area contributed by atoms with Gasteiger partial charge in [0.15, 0.2) is 5.82 Å². The molecule has 0 aliphatic heterocycles.